The third-order valence-corrected chi connectivity index (χ3v) is 17.8. The summed E-state index contributed by atoms with van der Waals surface area (Å²) in [5, 5.41) is 0. The number of hydrogen-bond donors (Lipinski definition) is 0. The predicted molar refractivity (Wildman–Crippen MR) is 370 cm³/mol. The number of rotatable bonds is 70. The highest BCUT2D eigenvalue weighted by Crippen LogP contribution is 2.38. The Balaban J connectivity index is 3.91. The van der Waals surface area contributed by atoms with Crippen LogP contribution in [-0.4, -0.2) is 70.0 Å². The maximum Gasteiger partial charge on any atom is 0.306 e. The number of allylic oxidation sites excluding steroid dienone is 8. The zero-order chi connectivity index (χ0) is 62.6. The summed E-state index contributed by atoms with van der Waals surface area (Å²) in [5.41, 5.74) is 0. The van der Waals surface area contributed by atoms with Gasteiger partial charge in [-0.2, -0.15) is 0 Å². The van der Waals surface area contributed by atoms with Gasteiger partial charge in [0.1, 0.15) is 19.8 Å². The van der Waals surface area contributed by atoms with Crippen LogP contribution in [0.2, 0.25) is 0 Å². The molecule has 506 valence electrons. The van der Waals surface area contributed by atoms with Crippen molar-refractivity contribution in [2.24, 2.45) is 0 Å². The lowest BCUT2D eigenvalue weighted by Gasteiger charge is -2.28. The molecule has 2 atom stereocenters. The fraction of sp³-hybridized carbons (Fsp3) is 0.868. The number of unbranched alkanes of at least 4 members (excludes halogenated alkanes) is 48. The van der Waals surface area contributed by atoms with Gasteiger partial charge in [-0.05, 0) is 77.0 Å². The van der Waals surface area contributed by atoms with E-state index in [1.165, 1.54) is 283 Å². The summed E-state index contributed by atoms with van der Waals surface area (Å²) in [7, 11) is 1.17. The van der Waals surface area contributed by atoms with Gasteiger partial charge in [0.2, 0.25) is 0 Å². The molecular formula is C76H144NO8P. The van der Waals surface area contributed by atoms with E-state index in [9.17, 15) is 19.0 Å². The standard InChI is InChI=1S/C76H144NO8P/c1-6-8-10-12-14-16-18-20-22-24-26-28-30-31-32-33-34-35-36-37-38-39-40-41-42-43-44-45-47-48-50-52-54-56-58-60-62-64-66-68-75(78)82-72-74(73-84-86(80,81)83-71-70-77(3,4)5)85-76(79)69-67-65-63-61-59-57-55-53-51-49-46-29-27-25-23-21-19-17-15-13-11-9-7-2/h19,21,24-27,46,49,74H,6-18,20,22-23,28-45,47-48,50-73H2,1-5H3/b21-19-,26-24-,27-25-,49-46-. The van der Waals surface area contributed by atoms with Crippen molar-refractivity contribution in [3.05, 3.63) is 48.6 Å². The SMILES string of the molecule is CCCCCCC/C=C\C/C=C\C/C=C\CCCCCCCCCCC(=O)OC(COC(=O)CCCCCCCCCCCCCCCCCCCCCCCCCCCCC/C=C\CCCCCCCCCC)COP(=O)([O-])OCC[N+](C)(C)C. The van der Waals surface area contributed by atoms with Crippen molar-refractivity contribution in [1.29, 1.82) is 0 Å². The van der Waals surface area contributed by atoms with E-state index in [-0.39, 0.29) is 32.0 Å². The lowest BCUT2D eigenvalue weighted by atomic mass is 10.0. The molecule has 9 nitrogen and oxygen atoms in total. The van der Waals surface area contributed by atoms with E-state index in [4.69, 9.17) is 18.5 Å². The van der Waals surface area contributed by atoms with Crippen LogP contribution in [0, 0.1) is 0 Å². The van der Waals surface area contributed by atoms with Gasteiger partial charge in [-0.3, -0.25) is 14.2 Å². The second kappa shape index (κ2) is 67.4. The first kappa shape index (κ1) is 84.0. The maximum atomic E-state index is 12.9. The number of quaternary nitrogens is 1. The van der Waals surface area contributed by atoms with E-state index in [2.05, 4.69) is 62.5 Å². The Labute approximate surface area is 534 Å². The molecule has 0 aromatic rings. The number of phosphoric ester groups is 1. The number of ether oxygens (including phenoxy) is 2. The van der Waals surface area contributed by atoms with E-state index in [1.807, 2.05) is 21.1 Å². The molecule has 0 fully saturated rings. The van der Waals surface area contributed by atoms with Gasteiger partial charge in [-0.1, -0.05) is 332 Å². The van der Waals surface area contributed by atoms with Crippen molar-refractivity contribution in [2.75, 3.05) is 47.5 Å². The average Bonchev–Trinajstić information content (AvgIpc) is 3.56. The molecule has 0 heterocycles. The van der Waals surface area contributed by atoms with Crippen molar-refractivity contribution >= 4 is 19.8 Å². The number of phosphoric acid groups is 1. The number of nitrogens with zero attached hydrogens (tertiary/aromatic N) is 1. The molecule has 2 unspecified atom stereocenters. The van der Waals surface area contributed by atoms with Gasteiger partial charge < -0.3 is 27.9 Å². The van der Waals surface area contributed by atoms with Gasteiger partial charge in [-0.25, -0.2) is 0 Å². The summed E-state index contributed by atoms with van der Waals surface area (Å²) in [4.78, 5) is 38.1. The van der Waals surface area contributed by atoms with Crippen LogP contribution in [-0.2, 0) is 32.7 Å². The quantitative estimate of drug-likeness (QED) is 0.0195. The van der Waals surface area contributed by atoms with Gasteiger partial charge >= 0.3 is 11.9 Å². The van der Waals surface area contributed by atoms with Crippen LogP contribution in [0.15, 0.2) is 48.6 Å². The second-order valence-electron chi connectivity index (χ2n) is 26.7. The zero-order valence-electron chi connectivity index (χ0n) is 57.8. The fourth-order valence-electron chi connectivity index (χ4n) is 11.1. The molecule has 0 aliphatic carbocycles. The van der Waals surface area contributed by atoms with Gasteiger partial charge in [0, 0.05) is 12.8 Å². The van der Waals surface area contributed by atoms with Gasteiger partial charge in [0.15, 0.2) is 6.10 Å². The molecule has 0 saturated heterocycles. The highest BCUT2D eigenvalue weighted by molar-refractivity contribution is 7.45. The van der Waals surface area contributed by atoms with E-state index in [0.717, 1.165) is 57.8 Å². The molecule has 0 aromatic carbocycles. The van der Waals surface area contributed by atoms with Gasteiger partial charge in [-0.15, -0.1) is 0 Å². The van der Waals surface area contributed by atoms with Crippen molar-refractivity contribution in [2.45, 2.75) is 380 Å². The Morgan fingerprint density at radius 3 is 0.942 bits per heavy atom. The van der Waals surface area contributed by atoms with Crippen molar-refractivity contribution in [1.82, 2.24) is 0 Å². The van der Waals surface area contributed by atoms with Crippen LogP contribution in [0.25, 0.3) is 0 Å². The molecule has 10 heteroatoms. The van der Waals surface area contributed by atoms with Crippen LogP contribution in [0.1, 0.15) is 373 Å². The zero-order valence-corrected chi connectivity index (χ0v) is 58.7. The molecule has 86 heavy (non-hydrogen) atoms. The minimum atomic E-state index is -4.64. The lowest BCUT2D eigenvalue weighted by Crippen LogP contribution is -2.37. The van der Waals surface area contributed by atoms with Crippen LogP contribution < -0.4 is 4.89 Å². The normalized spacial score (nSPS) is 13.3. The number of esters is 2. The summed E-state index contributed by atoms with van der Waals surface area (Å²) in [6.45, 7) is 4.27. The third kappa shape index (κ3) is 71.1. The van der Waals surface area contributed by atoms with Crippen LogP contribution in [0.4, 0.5) is 0 Å². The Morgan fingerprint density at radius 1 is 0.360 bits per heavy atom. The Kier molecular flexibility index (Phi) is 65.8. The topological polar surface area (TPSA) is 111 Å². The number of carbonyl (C=O) groups excluding carboxylic acids is 2. The summed E-state index contributed by atoms with van der Waals surface area (Å²) < 4.78 is 34.3. The van der Waals surface area contributed by atoms with Gasteiger partial charge in [0.25, 0.3) is 7.82 Å². The average molecular weight is 1230 g/mol. The van der Waals surface area contributed by atoms with Crippen molar-refractivity contribution < 1.29 is 42.1 Å². The molecular weight excluding hydrogens is 1090 g/mol. The van der Waals surface area contributed by atoms with Gasteiger partial charge in [0.05, 0.1) is 27.7 Å². The Hall–Kier alpha value is -2.03. The third-order valence-electron chi connectivity index (χ3n) is 16.8. The Bertz CT molecular complexity index is 1590. The highest BCUT2D eigenvalue weighted by atomic mass is 31.2. The molecule has 0 N–H and O–H groups in total. The number of hydrogen-bond acceptors (Lipinski definition) is 8. The predicted octanol–water partition coefficient (Wildman–Crippen LogP) is 23.8. The van der Waals surface area contributed by atoms with Crippen LogP contribution >= 0.6 is 7.82 Å². The molecule has 0 saturated carbocycles. The summed E-state index contributed by atoms with van der Waals surface area (Å²) in [5.74, 6) is -0.825. The minimum Gasteiger partial charge on any atom is -0.756 e. The molecule has 0 aliphatic rings. The summed E-state index contributed by atoms with van der Waals surface area (Å²) in [6.07, 6.45) is 88.0. The van der Waals surface area contributed by atoms with E-state index < -0.39 is 26.5 Å². The molecule has 0 rings (SSSR count). The molecule has 0 spiro atoms. The fourth-order valence-corrected chi connectivity index (χ4v) is 11.8. The van der Waals surface area contributed by atoms with E-state index >= 15 is 0 Å². The largest absolute Gasteiger partial charge is 0.756 e. The monoisotopic (exact) mass is 1230 g/mol. The first-order valence-corrected chi connectivity index (χ1v) is 38.8. The lowest BCUT2D eigenvalue weighted by molar-refractivity contribution is -0.870. The summed E-state index contributed by atoms with van der Waals surface area (Å²) in [6, 6.07) is 0. The minimum absolute atomic E-state index is 0.0315. The first-order valence-electron chi connectivity index (χ1n) is 37.3. The van der Waals surface area contributed by atoms with Crippen LogP contribution in [0.5, 0.6) is 0 Å². The van der Waals surface area contributed by atoms with Crippen molar-refractivity contribution in [3.8, 4) is 0 Å². The highest BCUT2D eigenvalue weighted by Gasteiger charge is 2.22. The Morgan fingerprint density at radius 2 is 0.628 bits per heavy atom. The maximum absolute atomic E-state index is 12.9. The number of likely N-dealkylation sites (N-methyl/N-ethyl adjacent to an activating group) is 1. The number of carbonyl (C=O) groups is 2. The summed E-state index contributed by atoms with van der Waals surface area (Å²) >= 11 is 0. The van der Waals surface area contributed by atoms with Crippen LogP contribution in [0.3, 0.4) is 0 Å². The molecule has 0 aromatic heterocycles. The van der Waals surface area contributed by atoms with Crippen molar-refractivity contribution in [3.63, 3.8) is 0 Å². The first-order chi connectivity index (χ1) is 42.0. The van der Waals surface area contributed by atoms with E-state index in [1.54, 1.807) is 0 Å². The second-order valence-corrected chi connectivity index (χ2v) is 28.1. The molecule has 0 bridgehead atoms. The molecule has 0 amide bonds. The van der Waals surface area contributed by atoms with E-state index in [0.29, 0.717) is 17.4 Å². The molecule has 0 aliphatic heterocycles. The smallest absolute Gasteiger partial charge is 0.306 e. The molecule has 0 radical (unpaired) electrons.